The Morgan fingerprint density at radius 3 is 2.26 bits per heavy atom. The number of hydrogen-bond acceptors (Lipinski definition) is 5. The Kier molecular flexibility index (Phi) is 6.80. The van der Waals surface area contributed by atoms with E-state index in [9.17, 15) is 14.4 Å². The number of amides is 2. The lowest BCUT2D eigenvalue weighted by atomic mass is 10.1. The number of carbonyl (C=O) groups excluding carboxylic acids is 3. The number of aryl methyl sites for hydroxylation is 2. The highest BCUT2D eigenvalue weighted by atomic mass is 35.5. The molecule has 0 saturated carbocycles. The van der Waals surface area contributed by atoms with Crippen molar-refractivity contribution in [2.45, 2.75) is 26.7 Å². The molecule has 0 atom stereocenters. The number of imide groups is 1. The van der Waals surface area contributed by atoms with Gasteiger partial charge in [-0.15, -0.1) is 0 Å². The summed E-state index contributed by atoms with van der Waals surface area (Å²) in [5.41, 5.74) is 3.27. The molecule has 0 spiro atoms. The van der Waals surface area contributed by atoms with Crippen LogP contribution in [0, 0.1) is 6.92 Å². The van der Waals surface area contributed by atoms with Crippen molar-refractivity contribution in [3.8, 4) is 5.75 Å². The van der Waals surface area contributed by atoms with Crippen LogP contribution in [0.15, 0.2) is 83.5 Å². The quantitative estimate of drug-likeness (QED) is 0.274. The zero-order valence-corrected chi connectivity index (χ0v) is 19.6. The Bertz CT molecular complexity index is 1280. The standard InChI is InChI=1S/C27H23ClN2O4/c1-3-6-18-9-15-21(16-10-18)34-27(33)19-11-13-20(14-12-19)29-24-23(28)25(31)30(26(24)32)22-8-5-4-7-17(22)2/h4-5,7-16,29H,3,6H2,1-2H3. The van der Waals surface area contributed by atoms with Gasteiger partial charge in [0.2, 0.25) is 0 Å². The number of nitrogens with one attached hydrogen (secondary N) is 1. The van der Waals surface area contributed by atoms with Crippen molar-refractivity contribution in [3.05, 3.63) is 100 Å². The van der Waals surface area contributed by atoms with Crippen molar-refractivity contribution in [2.24, 2.45) is 0 Å². The van der Waals surface area contributed by atoms with Crippen molar-refractivity contribution >= 4 is 40.8 Å². The van der Waals surface area contributed by atoms with E-state index in [-0.39, 0.29) is 10.7 Å². The number of rotatable bonds is 7. The van der Waals surface area contributed by atoms with Gasteiger partial charge < -0.3 is 10.1 Å². The van der Waals surface area contributed by atoms with E-state index in [0.29, 0.717) is 22.7 Å². The lowest BCUT2D eigenvalue weighted by Gasteiger charge is -2.17. The molecule has 4 rings (SSSR count). The summed E-state index contributed by atoms with van der Waals surface area (Å²) in [6, 6.07) is 20.9. The molecule has 0 fully saturated rings. The molecule has 172 valence electrons. The third-order valence-electron chi connectivity index (χ3n) is 5.45. The van der Waals surface area contributed by atoms with Gasteiger partial charge in [-0.3, -0.25) is 9.59 Å². The molecule has 34 heavy (non-hydrogen) atoms. The molecule has 1 aliphatic rings. The summed E-state index contributed by atoms with van der Waals surface area (Å²) < 4.78 is 5.43. The third-order valence-corrected chi connectivity index (χ3v) is 5.80. The number of anilines is 2. The van der Waals surface area contributed by atoms with E-state index in [2.05, 4.69) is 12.2 Å². The van der Waals surface area contributed by atoms with Crippen molar-refractivity contribution in [3.63, 3.8) is 0 Å². The third kappa shape index (κ3) is 4.72. The highest BCUT2D eigenvalue weighted by Gasteiger charge is 2.39. The Hall–Kier alpha value is -3.90. The van der Waals surface area contributed by atoms with Gasteiger partial charge in [0.25, 0.3) is 11.8 Å². The maximum atomic E-state index is 13.0. The average Bonchev–Trinajstić information content (AvgIpc) is 3.04. The molecule has 0 radical (unpaired) electrons. The van der Waals surface area contributed by atoms with Gasteiger partial charge in [0.15, 0.2) is 0 Å². The molecule has 1 N–H and O–H groups in total. The molecule has 1 heterocycles. The van der Waals surface area contributed by atoms with Crippen molar-refractivity contribution in [1.29, 1.82) is 0 Å². The molecular weight excluding hydrogens is 452 g/mol. The van der Waals surface area contributed by atoms with Gasteiger partial charge in [-0.1, -0.05) is 55.3 Å². The fourth-order valence-corrected chi connectivity index (χ4v) is 3.87. The summed E-state index contributed by atoms with van der Waals surface area (Å²) >= 11 is 6.20. The van der Waals surface area contributed by atoms with E-state index >= 15 is 0 Å². The van der Waals surface area contributed by atoms with Crippen LogP contribution in [0.4, 0.5) is 11.4 Å². The first kappa shape index (κ1) is 23.3. The molecule has 7 heteroatoms. The fraction of sp³-hybridized carbons (Fsp3) is 0.148. The van der Waals surface area contributed by atoms with Crippen molar-refractivity contribution in [2.75, 3.05) is 10.2 Å². The fourth-order valence-electron chi connectivity index (χ4n) is 3.66. The van der Waals surface area contributed by atoms with Crippen LogP contribution < -0.4 is 15.0 Å². The number of benzene rings is 3. The normalized spacial score (nSPS) is 13.4. The summed E-state index contributed by atoms with van der Waals surface area (Å²) in [6.07, 6.45) is 2.02. The van der Waals surface area contributed by atoms with Crippen LogP contribution in [0.1, 0.15) is 34.8 Å². The van der Waals surface area contributed by atoms with Gasteiger partial charge >= 0.3 is 5.97 Å². The van der Waals surface area contributed by atoms with Gasteiger partial charge in [0, 0.05) is 5.69 Å². The first-order chi connectivity index (χ1) is 16.4. The molecule has 0 aliphatic carbocycles. The molecule has 0 aromatic heterocycles. The van der Waals surface area contributed by atoms with Gasteiger partial charge in [-0.25, -0.2) is 9.69 Å². The van der Waals surface area contributed by atoms with Crippen LogP contribution >= 0.6 is 11.6 Å². The second kappa shape index (κ2) is 9.93. The number of hydrogen-bond donors (Lipinski definition) is 1. The molecule has 1 aliphatic heterocycles. The lowest BCUT2D eigenvalue weighted by Crippen LogP contribution is -2.32. The highest BCUT2D eigenvalue weighted by molar-refractivity contribution is 6.53. The first-order valence-corrected chi connectivity index (χ1v) is 11.3. The second-order valence-corrected chi connectivity index (χ2v) is 8.28. The Labute approximate surface area is 202 Å². The Morgan fingerprint density at radius 2 is 1.62 bits per heavy atom. The predicted octanol–water partition coefficient (Wildman–Crippen LogP) is 5.60. The average molecular weight is 475 g/mol. The number of halogens is 1. The predicted molar refractivity (Wildman–Crippen MR) is 132 cm³/mol. The van der Waals surface area contributed by atoms with Crippen LogP contribution in [-0.4, -0.2) is 17.8 Å². The van der Waals surface area contributed by atoms with Gasteiger partial charge in [0.05, 0.1) is 11.3 Å². The van der Waals surface area contributed by atoms with Crippen molar-refractivity contribution in [1.82, 2.24) is 0 Å². The van der Waals surface area contributed by atoms with Crippen LogP contribution in [0.3, 0.4) is 0 Å². The zero-order chi connectivity index (χ0) is 24.2. The summed E-state index contributed by atoms with van der Waals surface area (Å²) in [6.45, 7) is 3.92. The van der Waals surface area contributed by atoms with Crippen LogP contribution in [0.5, 0.6) is 5.75 Å². The maximum Gasteiger partial charge on any atom is 0.343 e. The molecule has 0 saturated heterocycles. The van der Waals surface area contributed by atoms with Gasteiger partial charge in [0.1, 0.15) is 16.5 Å². The summed E-state index contributed by atoms with van der Waals surface area (Å²) in [7, 11) is 0. The van der Waals surface area contributed by atoms with E-state index in [0.717, 1.165) is 23.3 Å². The number of para-hydroxylation sites is 1. The number of nitrogens with zero attached hydrogens (tertiary/aromatic N) is 1. The van der Waals surface area contributed by atoms with Crippen molar-refractivity contribution < 1.29 is 19.1 Å². The molecule has 6 nitrogen and oxygen atoms in total. The summed E-state index contributed by atoms with van der Waals surface area (Å²) in [5, 5.41) is 2.72. The van der Waals surface area contributed by atoms with E-state index < -0.39 is 17.8 Å². The molecule has 3 aromatic carbocycles. The number of ether oxygens (including phenoxy) is 1. The summed E-state index contributed by atoms with van der Waals surface area (Å²) in [4.78, 5) is 39.1. The Morgan fingerprint density at radius 1 is 0.941 bits per heavy atom. The molecule has 0 unspecified atom stereocenters. The largest absolute Gasteiger partial charge is 0.423 e. The lowest BCUT2D eigenvalue weighted by molar-refractivity contribution is -0.120. The number of esters is 1. The smallest absolute Gasteiger partial charge is 0.343 e. The van der Waals surface area contributed by atoms with Crippen LogP contribution in [0.2, 0.25) is 0 Å². The molecule has 2 amide bonds. The van der Waals surface area contributed by atoms with Crippen LogP contribution in [0.25, 0.3) is 0 Å². The topological polar surface area (TPSA) is 75.7 Å². The summed E-state index contributed by atoms with van der Waals surface area (Å²) in [5.74, 6) is -1.16. The van der Waals surface area contributed by atoms with E-state index in [1.54, 1.807) is 48.5 Å². The minimum Gasteiger partial charge on any atom is -0.423 e. The minimum atomic E-state index is -0.589. The highest BCUT2D eigenvalue weighted by Crippen LogP contribution is 2.31. The Balaban J connectivity index is 1.45. The molecule has 0 bridgehead atoms. The molecular formula is C27H23ClN2O4. The zero-order valence-electron chi connectivity index (χ0n) is 18.8. The van der Waals surface area contributed by atoms with E-state index in [1.807, 2.05) is 31.2 Å². The maximum absolute atomic E-state index is 13.0. The van der Waals surface area contributed by atoms with Gasteiger partial charge in [-0.2, -0.15) is 0 Å². The van der Waals surface area contributed by atoms with Gasteiger partial charge in [-0.05, 0) is 66.9 Å². The second-order valence-electron chi connectivity index (χ2n) is 7.91. The van der Waals surface area contributed by atoms with Crippen LogP contribution in [-0.2, 0) is 16.0 Å². The monoisotopic (exact) mass is 474 g/mol. The first-order valence-electron chi connectivity index (χ1n) is 10.9. The SMILES string of the molecule is CCCc1ccc(OC(=O)c2ccc(NC3=C(Cl)C(=O)N(c4ccccc4C)C3=O)cc2)cc1. The molecule has 3 aromatic rings. The number of carbonyl (C=O) groups is 3. The minimum absolute atomic E-state index is 0.0163. The van der Waals surface area contributed by atoms with E-state index in [1.165, 1.54) is 5.56 Å². The van der Waals surface area contributed by atoms with E-state index in [4.69, 9.17) is 16.3 Å².